The highest BCUT2D eigenvalue weighted by molar-refractivity contribution is 5.97. The van der Waals surface area contributed by atoms with Crippen molar-refractivity contribution in [2.75, 3.05) is 0 Å². The third-order valence-corrected chi connectivity index (χ3v) is 2.78. The molecule has 0 aromatic heterocycles. The molecule has 0 aromatic carbocycles. The number of hydrogen-bond donors (Lipinski definition) is 0. The zero-order valence-corrected chi connectivity index (χ0v) is 9.08. The van der Waals surface area contributed by atoms with Crippen molar-refractivity contribution in [3.05, 3.63) is 35.1 Å². The van der Waals surface area contributed by atoms with Crippen LogP contribution in [0.4, 0.5) is 0 Å². The number of unbranched alkanes of at least 4 members (excludes halogenated alkanes) is 2. The Morgan fingerprint density at radius 3 is 3.20 bits per heavy atom. The molecule has 0 saturated heterocycles. The van der Waals surface area contributed by atoms with Crippen molar-refractivity contribution in [3.8, 4) is 0 Å². The van der Waals surface area contributed by atoms with E-state index in [0.29, 0.717) is 0 Å². The van der Waals surface area contributed by atoms with Crippen LogP contribution in [0.3, 0.4) is 0 Å². The lowest BCUT2D eigenvalue weighted by atomic mass is 9.97. The maximum absolute atomic E-state index is 11.5. The van der Waals surface area contributed by atoms with Gasteiger partial charge in [-0.15, -0.1) is 0 Å². The Morgan fingerprint density at radius 2 is 2.40 bits per heavy atom. The smallest absolute Gasteiger partial charge is 0.343 e. The average Bonchev–Trinajstić information content (AvgIpc) is 2.58. The molecule has 80 valence electrons. The fourth-order valence-electron chi connectivity index (χ4n) is 1.93. The Morgan fingerprint density at radius 1 is 1.53 bits per heavy atom. The minimum atomic E-state index is -0.177. The second kappa shape index (κ2) is 4.47. The van der Waals surface area contributed by atoms with Gasteiger partial charge in [0.1, 0.15) is 5.76 Å². The quantitative estimate of drug-likeness (QED) is 0.521. The van der Waals surface area contributed by atoms with Crippen LogP contribution in [0, 0.1) is 0 Å². The summed E-state index contributed by atoms with van der Waals surface area (Å²) in [7, 11) is 0. The van der Waals surface area contributed by atoms with Gasteiger partial charge in [0.15, 0.2) is 0 Å². The van der Waals surface area contributed by atoms with Crippen LogP contribution >= 0.6 is 0 Å². The van der Waals surface area contributed by atoms with Crippen molar-refractivity contribution in [1.29, 1.82) is 0 Å². The molecule has 0 saturated carbocycles. The van der Waals surface area contributed by atoms with Crippen molar-refractivity contribution >= 4 is 5.97 Å². The van der Waals surface area contributed by atoms with Crippen molar-refractivity contribution in [2.45, 2.75) is 39.0 Å². The minimum absolute atomic E-state index is 0.177. The number of carbonyl (C=O) groups is 1. The van der Waals surface area contributed by atoms with E-state index in [-0.39, 0.29) is 5.97 Å². The molecule has 0 aromatic rings. The zero-order valence-electron chi connectivity index (χ0n) is 9.08. The van der Waals surface area contributed by atoms with Gasteiger partial charge in [-0.05, 0) is 31.8 Å². The number of hydrogen-bond acceptors (Lipinski definition) is 2. The first-order valence-electron chi connectivity index (χ1n) is 5.65. The van der Waals surface area contributed by atoms with Gasteiger partial charge >= 0.3 is 5.97 Å². The van der Waals surface area contributed by atoms with Crippen LogP contribution in [0.5, 0.6) is 0 Å². The molecule has 2 rings (SSSR count). The maximum Gasteiger partial charge on any atom is 0.343 e. The largest absolute Gasteiger partial charge is 0.423 e. The normalized spacial score (nSPS) is 22.2. The van der Waals surface area contributed by atoms with Crippen LogP contribution in [0.2, 0.25) is 0 Å². The number of ether oxygens (including phenoxy) is 1. The van der Waals surface area contributed by atoms with Crippen molar-refractivity contribution in [2.24, 2.45) is 0 Å². The molecule has 0 amide bonds. The van der Waals surface area contributed by atoms with E-state index >= 15 is 0 Å². The van der Waals surface area contributed by atoms with E-state index in [2.05, 4.69) is 13.0 Å². The van der Waals surface area contributed by atoms with Crippen LogP contribution in [-0.4, -0.2) is 5.97 Å². The van der Waals surface area contributed by atoms with Gasteiger partial charge in [0.2, 0.25) is 0 Å². The van der Waals surface area contributed by atoms with Gasteiger partial charge in [0.25, 0.3) is 0 Å². The lowest BCUT2D eigenvalue weighted by Crippen LogP contribution is -1.97. The Labute approximate surface area is 90.3 Å². The zero-order chi connectivity index (χ0) is 10.7. The predicted molar refractivity (Wildman–Crippen MR) is 59.1 cm³/mol. The fourth-order valence-corrected chi connectivity index (χ4v) is 1.93. The highest BCUT2D eigenvalue weighted by atomic mass is 16.5. The molecule has 2 heteroatoms. The second-order valence-electron chi connectivity index (χ2n) is 3.93. The van der Waals surface area contributed by atoms with Gasteiger partial charge in [0.05, 0.1) is 5.57 Å². The summed E-state index contributed by atoms with van der Waals surface area (Å²) >= 11 is 0. The van der Waals surface area contributed by atoms with Crippen LogP contribution in [0.1, 0.15) is 39.0 Å². The first kappa shape index (κ1) is 10.2. The summed E-state index contributed by atoms with van der Waals surface area (Å²) < 4.78 is 5.25. The van der Waals surface area contributed by atoms with Gasteiger partial charge in [-0.3, -0.25) is 0 Å². The van der Waals surface area contributed by atoms with E-state index in [4.69, 9.17) is 4.74 Å². The van der Waals surface area contributed by atoms with E-state index in [1.807, 2.05) is 12.2 Å². The Bertz CT molecular complexity index is 359. The Hall–Kier alpha value is -1.31. The van der Waals surface area contributed by atoms with E-state index in [1.54, 1.807) is 0 Å². The monoisotopic (exact) mass is 204 g/mol. The molecule has 0 fully saturated rings. The third-order valence-electron chi connectivity index (χ3n) is 2.78. The summed E-state index contributed by atoms with van der Waals surface area (Å²) in [6.07, 6.45) is 11.3. The molecule has 0 unspecified atom stereocenters. The maximum atomic E-state index is 11.5. The highest BCUT2D eigenvalue weighted by Gasteiger charge is 2.28. The average molecular weight is 204 g/mol. The van der Waals surface area contributed by atoms with E-state index < -0.39 is 0 Å². The molecule has 0 N–H and O–H groups in total. The number of rotatable bonds is 3. The topological polar surface area (TPSA) is 26.3 Å². The third kappa shape index (κ3) is 2.04. The molecular weight excluding hydrogens is 188 g/mol. The van der Waals surface area contributed by atoms with Crippen molar-refractivity contribution < 1.29 is 9.53 Å². The minimum Gasteiger partial charge on any atom is -0.423 e. The number of allylic oxidation sites excluding steroid dienone is 3. The highest BCUT2D eigenvalue weighted by Crippen LogP contribution is 2.33. The standard InChI is InChI=1S/C13H16O2/c1-2-3-4-9-12-10-7-5-6-8-11(10)13(14)15-12/h6,8-9H,2-5,7H2,1H3. The molecule has 1 aliphatic carbocycles. The predicted octanol–water partition coefficient (Wildman–Crippen LogP) is 3.26. The van der Waals surface area contributed by atoms with Gasteiger partial charge in [-0.2, -0.15) is 0 Å². The fraction of sp³-hybridized carbons (Fsp3) is 0.462. The van der Waals surface area contributed by atoms with Crippen molar-refractivity contribution in [3.63, 3.8) is 0 Å². The molecule has 0 atom stereocenters. The van der Waals surface area contributed by atoms with Gasteiger partial charge < -0.3 is 4.74 Å². The second-order valence-corrected chi connectivity index (χ2v) is 3.93. The summed E-state index contributed by atoms with van der Waals surface area (Å²) in [5.41, 5.74) is 1.88. The lowest BCUT2D eigenvalue weighted by molar-refractivity contribution is -0.132. The number of carbonyl (C=O) groups excluding carboxylic acids is 1. The Kier molecular flexibility index (Phi) is 3.05. The van der Waals surface area contributed by atoms with Crippen molar-refractivity contribution in [1.82, 2.24) is 0 Å². The van der Waals surface area contributed by atoms with E-state index in [9.17, 15) is 4.79 Å². The molecule has 1 aliphatic heterocycles. The number of esters is 1. The first-order chi connectivity index (χ1) is 7.33. The van der Waals surface area contributed by atoms with Crippen LogP contribution in [-0.2, 0) is 9.53 Å². The number of cyclic esters (lactones) is 1. The Balaban J connectivity index is 2.15. The van der Waals surface area contributed by atoms with Crippen LogP contribution < -0.4 is 0 Å². The SMILES string of the molecule is CCCCC=C1OC(=O)C2=C1CCC=C2. The molecule has 2 aliphatic rings. The molecular formula is C13H16O2. The van der Waals surface area contributed by atoms with Gasteiger partial charge in [0, 0.05) is 5.57 Å². The molecule has 0 radical (unpaired) electrons. The van der Waals surface area contributed by atoms with E-state index in [1.165, 1.54) is 6.42 Å². The summed E-state index contributed by atoms with van der Waals surface area (Å²) in [5.74, 6) is 0.636. The molecule has 1 heterocycles. The van der Waals surface area contributed by atoms with Crippen LogP contribution in [0.15, 0.2) is 35.1 Å². The molecule has 0 bridgehead atoms. The summed E-state index contributed by atoms with van der Waals surface area (Å²) in [4.78, 5) is 11.5. The molecule has 0 spiro atoms. The van der Waals surface area contributed by atoms with Gasteiger partial charge in [-0.25, -0.2) is 4.79 Å². The summed E-state index contributed by atoms with van der Waals surface area (Å²) in [6.45, 7) is 2.16. The van der Waals surface area contributed by atoms with Crippen LogP contribution in [0.25, 0.3) is 0 Å². The summed E-state index contributed by atoms with van der Waals surface area (Å²) in [6, 6.07) is 0. The lowest BCUT2D eigenvalue weighted by Gasteiger charge is -2.05. The van der Waals surface area contributed by atoms with Gasteiger partial charge in [-0.1, -0.05) is 25.5 Å². The summed E-state index contributed by atoms with van der Waals surface area (Å²) in [5, 5.41) is 0. The van der Waals surface area contributed by atoms with E-state index in [0.717, 1.165) is 42.6 Å². The molecule has 2 nitrogen and oxygen atoms in total. The first-order valence-corrected chi connectivity index (χ1v) is 5.65. The molecule has 15 heavy (non-hydrogen) atoms.